The van der Waals surface area contributed by atoms with Gasteiger partial charge in [0.2, 0.25) is 0 Å². The first-order valence-corrected chi connectivity index (χ1v) is 2.34. The molecule has 4 heavy (non-hydrogen) atoms. The van der Waals surface area contributed by atoms with Crippen LogP contribution in [0.2, 0.25) is 0 Å². The van der Waals surface area contributed by atoms with E-state index < -0.39 is 0 Å². The number of nitrogens with one attached hydrogen (secondary N) is 1. The quantitative estimate of drug-likeness (QED) is 0.330. The van der Waals surface area contributed by atoms with Crippen LogP contribution in [0.5, 0.6) is 0 Å². The van der Waals surface area contributed by atoms with Gasteiger partial charge in [-0.25, -0.2) is 0 Å². The van der Waals surface area contributed by atoms with Crippen LogP contribution in [-0.4, -0.2) is 14.2 Å². The molecule has 0 radical (unpaired) electrons. The predicted octanol–water partition coefficient (Wildman–Crippen LogP) is -0.598. The van der Waals surface area contributed by atoms with Gasteiger partial charge in [0, 0.05) is 0 Å². The minimum Gasteiger partial charge on any atom is -0.311 e. The molecule has 0 aromatic carbocycles. The molecule has 24 valence electrons. The third-order valence-corrected chi connectivity index (χ3v) is 0.612. The molecule has 0 aromatic rings. The van der Waals surface area contributed by atoms with E-state index in [1.165, 1.54) is 0 Å². The first kappa shape index (κ1) is 4.37. The van der Waals surface area contributed by atoms with E-state index in [0.29, 0.717) is 0 Å². The van der Waals surface area contributed by atoms with Crippen LogP contribution in [0, 0.1) is 0 Å². The van der Waals surface area contributed by atoms with Crippen molar-refractivity contribution in [1.82, 2.24) is 4.63 Å². The minimum absolute atomic E-state index is 1.61. The fourth-order valence-corrected chi connectivity index (χ4v) is 0. The number of rotatable bonds is 1. The van der Waals surface area contributed by atoms with Crippen molar-refractivity contribution in [1.29, 1.82) is 0 Å². The van der Waals surface area contributed by atoms with Gasteiger partial charge in [-0.1, -0.05) is 11.9 Å². The van der Waals surface area contributed by atoms with Crippen LogP contribution in [0.25, 0.3) is 0 Å². The highest BCUT2D eigenvalue weighted by Crippen LogP contribution is 1.70. The minimum atomic E-state index is 1.61. The van der Waals surface area contributed by atoms with Gasteiger partial charge >= 0.3 is 0 Å². The molecular formula is CH6BNS. The summed E-state index contributed by atoms with van der Waals surface area (Å²) in [5.41, 5.74) is 0. The molecule has 0 rings (SSSR count). The topological polar surface area (TPSA) is 12.0 Å². The van der Waals surface area contributed by atoms with Gasteiger partial charge in [-0.2, -0.15) is 0 Å². The van der Waals surface area contributed by atoms with Crippen LogP contribution in [0.4, 0.5) is 0 Å². The maximum absolute atomic E-state index is 2.85. The number of hydrogen-bond donors (Lipinski definition) is 1. The van der Waals surface area contributed by atoms with Crippen molar-refractivity contribution in [3.8, 4) is 0 Å². The van der Waals surface area contributed by atoms with Crippen LogP contribution in [0.1, 0.15) is 0 Å². The predicted molar refractivity (Wildman–Crippen MR) is 25.2 cm³/mol. The zero-order valence-electron chi connectivity index (χ0n) is 2.91. The molecule has 0 aliphatic heterocycles. The van der Waals surface area contributed by atoms with Crippen LogP contribution in [-0.2, 0) is 0 Å². The third-order valence-electron chi connectivity index (χ3n) is 0.204. The summed E-state index contributed by atoms with van der Waals surface area (Å²) in [6, 6.07) is 0. The second-order valence-corrected chi connectivity index (χ2v) is 1.22. The Hall–Kier alpha value is 0.375. The molecule has 0 saturated heterocycles. The molecule has 0 spiro atoms. The van der Waals surface area contributed by atoms with Gasteiger partial charge in [-0.05, 0) is 6.26 Å². The van der Waals surface area contributed by atoms with E-state index in [0.717, 1.165) is 0 Å². The summed E-state index contributed by atoms with van der Waals surface area (Å²) < 4.78 is 2.85. The second kappa shape index (κ2) is 3.37. The van der Waals surface area contributed by atoms with Crippen LogP contribution in [0.15, 0.2) is 0 Å². The van der Waals surface area contributed by atoms with Gasteiger partial charge in [0.25, 0.3) is 0 Å². The molecule has 1 N–H and O–H groups in total. The largest absolute Gasteiger partial charge is 0.311 e. The monoisotopic (exact) mass is 75.0 g/mol. The summed E-state index contributed by atoms with van der Waals surface area (Å²) in [6.45, 7) is 0. The van der Waals surface area contributed by atoms with Gasteiger partial charge < -0.3 is 4.63 Å². The van der Waals surface area contributed by atoms with E-state index in [1.54, 1.807) is 11.9 Å². The zero-order chi connectivity index (χ0) is 3.41. The highest BCUT2D eigenvalue weighted by Gasteiger charge is 1.51. The summed E-state index contributed by atoms with van der Waals surface area (Å²) in [5.74, 6) is 0. The Morgan fingerprint density at radius 1 is 2.00 bits per heavy atom. The molecule has 0 heterocycles. The zero-order valence-corrected chi connectivity index (χ0v) is 3.72. The van der Waals surface area contributed by atoms with Gasteiger partial charge in [-0.3, -0.25) is 0 Å². The van der Waals surface area contributed by atoms with Crippen molar-refractivity contribution in [2.75, 3.05) is 6.26 Å². The van der Waals surface area contributed by atoms with Gasteiger partial charge in [0.05, 0.1) is 0 Å². The Bertz CT molecular complexity index is 10.0. The summed E-state index contributed by atoms with van der Waals surface area (Å²) >= 11 is 1.61. The Morgan fingerprint density at radius 3 is 2.25 bits per heavy atom. The van der Waals surface area contributed by atoms with Crippen LogP contribution >= 0.6 is 11.9 Å². The maximum atomic E-state index is 2.85. The molecule has 0 saturated carbocycles. The highest BCUT2D eigenvalue weighted by molar-refractivity contribution is 7.97. The Labute approximate surface area is 31.7 Å². The molecule has 0 aliphatic carbocycles. The SMILES string of the molecule is BNSC. The lowest BCUT2D eigenvalue weighted by Gasteiger charge is -1.75. The van der Waals surface area contributed by atoms with E-state index in [-0.39, 0.29) is 0 Å². The van der Waals surface area contributed by atoms with Crippen molar-refractivity contribution in [2.24, 2.45) is 0 Å². The lowest BCUT2D eigenvalue weighted by molar-refractivity contribution is 1.72. The Balaban J connectivity index is 1.97. The van der Waals surface area contributed by atoms with Crippen molar-refractivity contribution >= 4 is 19.9 Å². The first-order chi connectivity index (χ1) is 1.91. The van der Waals surface area contributed by atoms with Crippen molar-refractivity contribution in [2.45, 2.75) is 0 Å². The Morgan fingerprint density at radius 2 is 2.25 bits per heavy atom. The van der Waals surface area contributed by atoms with Gasteiger partial charge in [-0.15, -0.1) is 0 Å². The summed E-state index contributed by atoms with van der Waals surface area (Å²) in [6.07, 6.45) is 1.99. The maximum Gasteiger partial charge on any atom is 0.195 e. The molecule has 0 unspecified atom stereocenters. The first-order valence-electron chi connectivity index (χ1n) is 1.11. The summed E-state index contributed by atoms with van der Waals surface area (Å²) in [4.78, 5) is 0. The van der Waals surface area contributed by atoms with Gasteiger partial charge in [0.1, 0.15) is 0 Å². The van der Waals surface area contributed by atoms with E-state index in [2.05, 4.69) is 4.63 Å². The van der Waals surface area contributed by atoms with Crippen LogP contribution < -0.4 is 4.63 Å². The fourth-order valence-electron chi connectivity index (χ4n) is 0. The molecule has 0 atom stereocenters. The Kier molecular flexibility index (Phi) is 3.69. The molecule has 1 nitrogen and oxygen atoms in total. The normalized spacial score (nSPS) is 7.25. The summed E-state index contributed by atoms with van der Waals surface area (Å²) in [5, 5.41) is 0. The standard InChI is InChI=1S/CH6BNS/c1-4-3-2/h3H,2H2,1H3. The molecule has 0 fully saturated rings. The van der Waals surface area contributed by atoms with Crippen LogP contribution in [0.3, 0.4) is 0 Å². The van der Waals surface area contributed by atoms with E-state index in [4.69, 9.17) is 0 Å². The molecule has 0 amide bonds. The van der Waals surface area contributed by atoms with E-state index >= 15 is 0 Å². The fraction of sp³-hybridized carbons (Fsp3) is 1.00. The van der Waals surface area contributed by atoms with Crippen molar-refractivity contribution in [3.05, 3.63) is 0 Å². The average Bonchev–Trinajstić information content (AvgIpc) is 1.37. The smallest absolute Gasteiger partial charge is 0.195 e. The number of hydrogen-bond acceptors (Lipinski definition) is 2. The highest BCUT2D eigenvalue weighted by atomic mass is 32.2. The van der Waals surface area contributed by atoms with E-state index in [1.807, 2.05) is 14.2 Å². The molecule has 0 aromatic heterocycles. The molecule has 0 aliphatic rings. The second-order valence-electron chi connectivity index (χ2n) is 0.408. The van der Waals surface area contributed by atoms with Crippen molar-refractivity contribution in [3.63, 3.8) is 0 Å². The van der Waals surface area contributed by atoms with Crippen molar-refractivity contribution < 1.29 is 0 Å². The molecular weight excluding hydrogens is 68.9 g/mol. The summed E-state index contributed by atoms with van der Waals surface area (Å²) in [7, 11) is 1.89. The molecule has 0 bridgehead atoms. The lowest BCUT2D eigenvalue weighted by Crippen LogP contribution is -1.89. The molecule has 3 heteroatoms. The average molecular weight is 74.9 g/mol. The third kappa shape index (κ3) is 2.37. The van der Waals surface area contributed by atoms with E-state index in [9.17, 15) is 0 Å². The lowest BCUT2D eigenvalue weighted by atomic mass is 10.5. The van der Waals surface area contributed by atoms with Gasteiger partial charge in [0.15, 0.2) is 7.98 Å².